The number of carbonyl (C=O) groups excluding carboxylic acids is 2. The van der Waals surface area contributed by atoms with Gasteiger partial charge in [0.2, 0.25) is 0 Å². The highest BCUT2D eigenvalue weighted by molar-refractivity contribution is 6.34. The molecule has 0 aliphatic carbocycles. The summed E-state index contributed by atoms with van der Waals surface area (Å²) in [5.41, 5.74) is 0.503. The van der Waals surface area contributed by atoms with Crippen molar-refractivity contribution in [2.24, 2.45) is 7.05 Å². The van der Waals surface area contributed by atoms with Gasteiger partial charge in [-0.1, -0.05) is 11.6 Å². The van der Waals surface area contributed by atoms with Gasteiger partial charge in [0.1, 0.15) is 28.9 Å². The smallest absolute Gasteiger partial charge is 0.257 e. The monoisotopic (exact) mass is 442 g/mol. The van der Waals surface area contributed by atoms with Crippen LogP contribution in [0.25, 0.3) is 0 Å². The Kier molecular flexibility index (Phi) is 5.43. The number of ether oxygens (including phenoxy) is 2. The highest BCUT2D eigenvalue weighted by atomic mass is 35.5. The fourth-order valence-electron chi connectivity index (χ4n) is 3.09. The molecule has 0 saturated carbocycles. The van der Waals surface area contributed by atoms with Gasteiger partial charge in [-0.05, 0) is 24.3 Å². The van der Waals surface area contributed by atoms with E-state index in [9.17, 15) is 14.7 Å². The lowest BCUT2D eigenvalue weighted by Crippen LogP contribution is -2.27. The van der Waals surface area contributed by atoms with E-state index in [0.29, 0.717) is 24.5 Å². The molecule has 0 bridgehead atoms. The van der Waals surface area contributed by atoms with Crippen LogP contribution in [0.1, 0.15) is 20.7 Å². The quantitative estimate of drug-likeness (QED) is 0.642. The molecule has 2 N–H and O–H groups in total. The van der Waals surface area contributed by atoms with Crippen LogP contribution in [0.5, 0.6) is 23.0 Å². The number of carbonyl (C=O) groups is 2. The van der Waals surface area contributed by atoms with Gasteiger partial charge in [0, 0.05) is 38.0 Å². The predicted molar refractivity (Wildman–Crippen MR) is 113 cm³/mol. The fraction of sp³-hybridized carbons (Fsp3) is 0.190. The number of aromatic hydroxyl groups is 1. The van der Waals surface area contributed by atoms with E-state index in [1.807, 2.05) is 0 Å². The van der Waals surface area contributed by atoms with E-state index in [2.05, 4.69) is 10.4 Å². The summed E-state index contributed by atoms with van der Waals surface area (Å²) in [7, 11) is 3.42. The highest BCUT2D eigenvalue weighted by Crippen LogP contribution is 2.41. The minimum absolute atomic E-state index is 0.129. The zero-order valence-electron chi connectivity index (χ0n) is 16.8. The van der Waals surface area contributed by atoms with Gasteiger partial charge >= 0.3 is 0 Å². The molecule has 1 aromatic heterocycles. The molecule has 31 heavy (non-hydrogen) atoms. The van der Waals surface area contributed by atoms with Gasteiger partial charge in [-0.15, -0.1) is 0 Å². The Morgan fingerprint density at radius 2 is 2.06 bits per heavy atom. The summed E-state index contributed by atoms with van der Waals surface area (Å²) in [5, 5.41) is 16.9. The number of benzene rings is 2. The molecular weight excluding hydrogens is 424 g/mol. The Morgan fingerprint density at radius 1 is 1.26 bits per heavy atom. The lowest BCUT2D eigenvalue weighted by atomic mass is 10.1. The number of likely N-dealkylation sites (N-methyl/N-ethyl adjacent to an activating group) is 1. The van der Waals surface area contributed by atoms with Crippen molar-refractivity contribution in [2.75, 3.05) is 25.5 Å². The number of hydrogen-bond acceptors (Lipinski definition) is 6. The molecule has 2 aromatic carbocycles. The Hall–Kier alpha value is -3.72. The molecule has 2 amide bonds. The predicted octanol–water partition coefficient (Wildman–Crippen LogP) is 3.29. The minimum atomic E-state index is -0.468. The number of rotatable bonds is 4. The maximum Gasteiger partial charge on any atom is 0.257 e. The van der Waals surface area contributed by atoms with Gasteiger partial charge in [-0.2, -0.15) is 5.10 Å². The number of aryl methyl sites for hydroxylation is 1. The van der Waals surface area contributed by atoms with Gasteiger partial charge in [-0.3, -0.25) is 14.3 Å². The van der Waals surface area contributed by atoms with E-state index in [-0.39, 0.29) is 39.5 Å². The van der Waals surface area contributed by atoms with E-state index < -0.39 is 5.91 Å². The van der Waals surface area contributed by atoms with Crippen LogP contribution in [-0.2, 0) is 7.05 Å². The average Bonchev–Trinajstić information content (AvgIpc) is 3.07. The number of phenols is 1. The van der Waals surface area contributed by atoms with Crippen LogP contribution in [0.4, 0.5) is 5.82 Å². The molecule has 3 aromatic rings. The third-order valence-electron chi connectivity index (χ3n) is 4.65. The van der Waals surface area contributed by atoms with Crippen LogP contribution in [0.2, 0.25) is 5.02 Å². The van der Waals surface area contributed by atoms with Gasteiger partial charge in [0.05, 0.1) is 12.1 Å². The highest BCUT2D eigenvalue weighted by Gasteiger charge is 2.25. The van der Waals surface area contributed by atoms with Crippen LogP contribution in [0.3, 0.4) is 0 Å². The first-order valence-electron chi connectivity index (χ1n) is 9.35. The van der Waals surface area contributed by atoms with Gasteiger partial charge in [-0.25, -0.2) is 0 Å². The Labute approximate surface area is 182 Å². The molecular formula is C21H19ClN4O5. The van der Waals surface area contributed by atoms with Crippen LogP contribution >= 0.6 is 11.6 Å². The summed E-state index contributed by atoms with van der Waals surface area (Å²) in [6.07, 6.45) is 1.69. The standard InChI is InChI=1S/C21H19ClN4O5/c1-25-7-8-30-19-15(21(25)29)3-4-16(18(19)22)31-14-10-12(9-13(27)11-14)20(28)23-17-5-6-26(2)24-17/h3-6,9-11,27H,7-8H2,1-2H3,(H,23,24,28). The second-order valence-electron chi connectivity index (χ2n) is 6.98. The number of halogens is 1. The molecule has 1 aliphatic rings. The molecule has 10 heteroatoms. The number of fused-ring (bicyclic) bond motifs is 1. The Bertz CT molecular complexity index is 1180. The maximum absolute atomic E-state index is 12.5. The van der Waals surface area contributed by atoms with E-state index in [4.69, 9.17) is 21.1 Å². The summed E-state index contributed by atoms with van der Waals surface area (Å²) < 4.78 is 13.0. The van der Waals surface area contributed by atoms with E-state index >= 15 is 0 Å². The first-order valence-corrected chi connectivity index (χ1v) is 9.73. The number of aromatic nitrogens is 2. The molecule has 0 atom stereocenters. The summed E-state index contributed by atoms with van der Waals surface area (Å²) in [6, 6.07) is 8.87. The fourth-order valence-corrected chi connectivity index (χ4v) is 3.35. The molecule has 0 spiro atoms. The van der Waals surface area contributed by atoms with Crippen molar-refractivity contribution in [2.45, 2.75) is 0 Å². The number of phenolic OH excluding ortho intramolecular Hbond substituents is 1. The molecule has 0 unspecified atom stereocenters. The number of nitrogens with zero attached hydrogens (tertiary/aromatic N) is 3. The number of amides is 2. The number of nitrogens with one attached hydrogen (secondary N) is 1. The van der Waals surface area contributed by atoms with Crippen molar-refractivity contribution in [3.8, 4) is 23.0 Å². The van der Waals surface area contributed by atoms with Crippen LogP contribution in [-0.4, -0.2) is 51.8 Å². The van der Waals surface area contributed by atoms with E-state index in [0.717, 1.165) is 0 Å². The summed E-state index contributed by atoms with van der Waals surface area (Å²) in [6.45, 7) is 0.726. The molecule has 2 heterocycles. The van der Waals surface area contributed by atoms with Gasteiger partial charge < -0.3 is 24.8 Å². The summed E-state index contributed by atoms with van der Waals surface area (Å²) >= 11 is 6.44. The maximum atomic E-state index is 12.5. The molecule has 4 rings (SSSR count). The number of hydrogen-bond donors (Lipinski definition) is 2. The first-order chi connectivity index (χ1) is 14.8. The molecule has 9 nitrogen and oxygen atoms in total. The third kappa shape index (κ3) is 4.26. The Balaban J connectivity index is 1.60. The second kappa shape index (κ2) is 8.19. The molecule has 160 valence electrons. The van der Waals surface area contributed by atoms with Crippen LogP contribution < -0.4 is 14.8 Å². The number of anilines is 1. The second-order valence-corrected chi connectivity index (χ2v) is 7.35. The zero-order chi connectivity index (χ0) is 22.1. The van der Waals surface area contributed by atoms with E-state index in [1.54, 1.807) is 48.1 Å². The van der Waals surface area contributed by atoms with Crippen molar-refractivity contribution < 1.29 is 24.2 Å². The normalized spacial score (nSPS) is 13.3. The van der Waals surface area contributed by atoms with Crippen molar-refractivity contribution in [1.82, 2.24) is 14.7 Å². The van der Waals surface area contributed by atoms with Crippen LogP contribution in [0, 0.1) is 0 Å². The molecule has 0 saturated heterocycles. The van der Waals surface area contributed by atoms with Gasteiger partial charge in [0.25, 0.3) is 11.8 Å². The van der Waals surface area contributed by atoms with Gasteiger partial charge in [0.15, 0.2) is 11.6 Å². The lowest BCUT2D eigenvalue weighted by Gasteiger charge is -2.14. The lowest BCUT2D eigenvalue weighted by molar-refractivity contribution is 0.0796. The third-order valence-corrected chi connectivity index (χ3v) is 5.01. The van der Waals surface area contributed by atoms with Crippen molar-refractivity contribution in [3.05, 3.63) is 58.7 Å². The molecule has 0 fully saturated rings. The first kappa shape index (κ1) is 20.5. The SMILES string of the molecule is CN1CCOc2c(ccc(Oc3cc(O)cc(C(=O)Nc4ccn(C)n4)c3)c2Cl)C1=O. The summed E-state index contributed by atoms with van der Waals surface area (Å²) in [5.74, 6) is 0.184. The van der Waals surface area contributed by atoms with Crippen molar-refractivity contribution in [3.63, 3.8) is 0 Å². The molecule has 1 aliphatic heterocycles. The zero-order valence-corrected chi connectivity index (χ0v) is 17.5. The van der Waals surface area contributed by atoms with Crippen LogP contribution in [0.15, 0.2) is 42.6 Å². The molecule has 0 radical (unpaired) electrons. The minimum Gasteiger partial charge on any atom is -0.508 e. The Morgan fingerprint density at radius 3 is 2.81 bits per heavy atom. The largest absolute Gasteiger partial charge is 0.508 e. The average molecular weight is 443 g/mol. The van der Waals surface area contributed by atoms with Crippen molar-refractivity contribution in [1.29, 1.82) is 0 Å². The summed E-state index contributed by atoms with van der Waals surface area (Å²) in [4.78, 5) is 26.5. The van der Waals surface area contributed by atoms with E-state index in [1.165, 1.54) is 18.2 Å². The topological polar surface area (TPSA) is 106 Å². The van der Waals surface area contributed by atoms with Crippen molar-refractivity contribution >= 4 is 29.2 Å².